The van der Waals surface area contributed by atoms with Crippen LogP contribution in [0.4, 0.5) is 5.82 Å². The van der Waals surface area contributed by atoms with Crippen LogP contribution >= 0.6 is 0 Å². The lowest BCUT2D eigenvalue weighted by molar-refractivity contribution is 0.115. The van der Waals surface area contributed by atoms with Crippen LogP contribution in [0.3, 0.4) is 0 Å². The number of hydrogen-bond donors (Lipinski definition) is 0. The van der Waals surface area contributed by atoms with Crippen molar-refractivity contribution in [1.29, 1.82) is 5.26 Å². The van der Waals surface area contributed by atoms with Crippen molar-refractivity contribution in [2.45, 2.75) is 32.3 Å². The zero-order valence-electron chi connectivity index (χ0n) is 12.0. The molecule has 0 N–H and O–H groups in total. The zero-order chi connectivity index (χ0) is 14.4. The summed E-state index contributed by atoms with van der Waals surface area (Å²) < 4.78 is 7.58. The molecule has 0 aliphatic carbocycles. The molecule has 6 nitrogen and oxygen atoms in total. The van der Waals surface area contributed by atoms with Crippen molar-refractivity contribution in [3.63, 3.8) is 0 Å². The van der Waals surface area contributed by atoms with Gasteiger partial charge in [0.25, 0.3) is 0 Å². The highest BCUT2D eigenvalue weighted by Crippen LogP contribution is 2.32. The molecule has 6 heteroatoms. The van der Waals surface area contributed by atoms with Crippen molar-refractivity contribution < 1.29 is 4.74 Å². The molecule has 1 fully saturated rings. The summed E-state index contributed by atoms with van der Waals surface area (Å²) in [4.78, 5) is 6.90. The van der Waals surface area contributed by atoms with Crippen molar-refractivity contribution >= 4 is 11.5 Å². The highest BCUT2D eigenvalue weighted by molar-refractivity contribution is 5.64. The van der Waals surface area contributed by atoms with E-state index in [9.17, 15) is 5.26 Å². The van der Waals surface area contributed by atoms with Gasteiger partial charge in [-0.3, -0.25) is 0 Å². The second kappa shape index (κ2) is 4.71. The van der Waals surface area contributed by atoms with Crippen molar-refractivity contribution in [2.24, 2.45) is 0 Å². The Morgan fingerprint density at radius 1 is 1.52 bits per heavy atom. The SMILES string of the molecule is Cc1nc2c(C#N)cnn2c2c1CCN2C[C@H]1CCCO1. The van der Waals surface area contributed by atoms with E-state index in [-0.39, 0.29) is 0 Å². The molecule has 0 aromatic carbocycles. The summed E-state index contributed by atoms with van der Waals surface area (Å²) >= 11 is 0. The van der Waals surface area contributed by atoms with Crippen LogP contribution in [0.15, 0.2) is 6.20 Å². The fourth-order valence-electron chi connectivity index (χ4n) is 3.38. The molecule has 4 rings (SSSR count). The van der Waals surface area contributed by atoms with Crippen LogP contribution in [-0.2, 0) is 11.2 Å². The molecule has 0 amide bonds. The Morgan fingerprint density at radius 3 is 3.19 bits per heavy atom. The smallest absolute Gasteiger partial charge is 0.175 e. The number of nitriles is 1. The minimum atomic E-state index is 0.311. The van der Waals surface area contributed by atoms with E-state index in [1.54, 1.807) is 6.20 Å². The monoisotopic (exact) mass is 283 g/mol. The molecule has 0 bridgehead atoms. The fraction of sp³-hybridized carbons (Fsp3) is 0.533. The van der Waals surface area contributed by atoms with Gasteiger partial charge in [-0.15, -0.1) is 0 Å². The quantitative estimate of drug-likeness (QED) is 0.834. The minimum Gasteiger partial charge on any atom is -0.376 e. The second-order valence-electron chi connectivity index (χ2n) is 5.74. The Labute approximate surface area is 122 Å². The Balaban J connectivity index is 1.80. The molecule has 1 saturated heterocycles. The number of fused-ring (bicyclic) bond motifs is 3. The normalized spacial score (nSPS) is 21.0. The summed E-state index contributed by atoms with van der Waals surface area (Å²) in [5, 5.41) is 13.6. The van der Waals surface area contributed by atoms with Crippen molar-refractivity contribution in [2.75, 3.05) is 24.6 Å². The number of aromatic nitrogens is 3. The molecule has 108 valence electrons. The van der Waals surface area contributed by atoms with E-state index < -0.39 is 0 Å². The molecule has 2 aromatic rings. The molecule has 21 heavy (non-hydrogen) atoms. The average Bonchev–Trinajstić information content (AvgIpc) is 3.19. The molecule has 0 radical (unpaired) electrons. The highest BCUT2D eigenvalue weighted by Gasteiger charge is 2.29. The van der Waals surface area contributed by atoms with Gasteiger partial charge in [-0.25, -0.2) is 4.98 Å². The maximum Gasteiger partial charge on any atom is 0.175 e. The summed E-state index contributed by atoms with van der Waals surface area (Å²) in [6.07, 6.45) is 5.17. The van der Waals surface area contributed by atoms with E-state index in [0.29, 0.717) is 17.3 Å². The largest absolute Gasteiger partial charge is 0.376 e. The molecule has 2 aliphatic rings. The van der Waals surface area contributed by atoms with Gasteiger partial charge in [0.1, 0.15) is 17.5 Å². The minimum absolute atomic E-state index is 0.311. The van der Waals surface area contributed by atoms with Gasteiger partial charge in [-0.1, -0.05) is 0 Å². The van der Waals surface area contributed by atoms with Gasteiger partial charge in [0, 0.05) is 31.0 Å². The number of aryl methyl sites for hydroxylation is 1. The zero-order valence-corrected chi connectivity index (χ0v) is 12.0. The Hall–Kier alpha value is -2.13. The molecule has 0 spiro atoms. The van der Waals surface area contributed by atoms with Crippen molar-refractivity contribution in [3.8, 4) is 6.07 Å². The van der Waals surface area contributed by atoms with Gasteiger partial charge < -0.3 is 9.64 Å². The third-order valence-electron chi connectivity index (χ3n) is 4.42. The van der Waals surface area contributed by atoms with E-state index in [1.807, 2.05) is 11.4 Å². The Bertz CT molecular complexity index is 739. The van der Waals surface area contributed by atoms with Gasteiger partial charge in [0.2, 0.25) is 0 Å². The topological polar surface area (TPSA) is 66.5 Å². The van der Waals surface area contributed by atoms with Gasteiger partial charge in [0.05, 0.1) is 12.3 Å². The Kier molecular flexibility index (Phi) is 2.82. The van der Waals surface area contributed by atoms with E-state index >= 15 is 0 Å². The van der Waals surface area contributed by atoms with E-state index in [1.165, 1.54) is 5.56 Å². The number of anilines is 1. The molecule has 0 unspecified atom stereocenters. The molecule has 2 aromatic heterocycles. The number of ether oxygens (including phenoxy) is 1. The Morgan fingerprint density at radius 2 is 2.43 bits per heavy atom. The summed E-state index contributed by atoms with van der Waals surface area (Å²) in [7, 11) is 0. The third kappa shape index (κ3) is 1.88. The second-order valence-corrected chi connectivity index (χ2v) is 5.74. The first-order valence-electron chi connectivity index (χ1n) is 7.42. The van der Waals surface area contributed by atoms with E-state index in [2.05, 4.69) is 21.1 Å². The van der Waals surface area contributed by atoms with Crippen molar-refractivity contribution in [1.82, 2.24) is 14.6 Å². The first-order chi connectivity index (χ1) is 10.3. The number of rotatable bonds is 2. The van der Waals surface area contributed by atoms with Crippen LogP contribution in [0.1, 0.15) is 29.7 Å². The lowest BCUT2D eigenvalue weighted by atomic mass is 10.2. The van der Waals surface area contributed by atoms with Crippen LogP contribution in [0.2, 0.25) is 0 Å². The van der Waals surface area contributed by atoms with Gasteiger partial charge in [0.15, 0.2) is 5.65 Å². The fourth-order valence-corrected chi connectivity index (χ4v) is 3.38. The highest BCUT2D eigenvalue weighted by atomic mass is 16.5. The molecule has 1 atom stereocenters. The maximum absolute atomic E-state index is 9.18. The summed E-state index contributed by atoms with van der Waals surface area (Å²) in [5.41, 5.74) is 3.44. The number of nitrogens with zero attached hydrogens (tertiary/aromatic N) is 5. The van der Waals surface area contributed by atoms with Gasteiger partial charge in [-0.05, 0) is 26.2 Å². The van der Waals surface area contributed by atoms with Crippen LogP contribution < -0.4 is 4.90 Å². The van der Waals surface area contributed by atoms with E-state index in [0.717, 1.165) is 50.5 Å². The van der Waals surface area contributed by atoms with Crippen molar-refractivity contribution in [3.05, 3.63) is 23.0 Å². The average molecular weight is 283 g/mol. The molecular weight excluding hydrogens is 266 g/mol. The third-order valence-corrected chi connectivity index (χ3v) is 4.42. The van der Waals surface area contributed by atoms with Crippen LogP contribution in [0.25, 0.3) is 5.65 Å². The van der Waals surface area contributed by atoms with Gasteiger partial charge >= 0.3 is 0 Å². The van der Waals surface area contributed by atoms with Crippen LogP contribution in [-0.4, -0.2) is 40.4 Å². The summed E-state index contributed by atoms with van der Waals surface area (Å²) in [6.45, 7) is 4.75. The van der Waals surface area contributed by atoms with Gasteiger partial charge in [-0.2, -0.15) is 14.9 Å². The lowest BCUT2D eigenvalue weighted by Gasteiger charge is -2.23. The predicted octanol–water partition coefficient (Wildman–Crippen LogP) is 1.45. The molecule has 0 saturated carbocycles. The molecule has 2 aliphatic heterocycles. The van der Waals surface area contributed by atoms with Crippen LogP contribution in [0, 0.1) is 18.3 Å². The molecular formula is C15H17N5O. The summed E-state index contributed by atoms with van der Waals surface area (Å²) in [6, 6.07) is 2.17. The van der Waals surface area contributed by atoms with Crippen LogP contribution in [0.5, 0.6) is 0 Å². The first kappa shape index (κ1) is 12.6. The standard InChI is InChI=1S/C15H17N5O/c1-10-13-4-5-19(9-12-3-2-6-21-12)15(13)20-14(18-10)11(7-16)8-17-20/h8,12H,2-6,9H2,1H3/t12-/m1/s1. The summed E-state index contributed by atoms with van der Waals surface area (Å²) in [5.74, 6) is 1.09. The maximum atomic E-state index is 9.18. The number of hydrogen-bond acceptors (Lipinski definition) is 5. The first-order valence-corrected chi connectivity index (χ1v) is 7.42. The van der Waals surface area contributed by atoms with E-state index in [4.69, 9.17) is 4.74 Å². The predicted molar refractivity (Wildman–Crippen MR) is 77.3 cm³/mol. The molecule has 4 heterocycles. The lowest BCUT2D eigenvalue weighted by Crippen LogP contribution is -2.31.